The van der Waals surface area contributed by atoms with Gasteiger partial charge < -0.3 is 10.4 Å². The summed E-state index contributed by atoms with van der Waals surface area (Å²) < 4.78 is 0. The lowest BCUT2D eigenvalue weighted by molar-refractivity contribution is -0.137. The number of hydrogen-bond acceptors (Lipinski definition) is 4. The third kappa shape index (κ3) is 6.31. The van der Waals surface area contributed by atoms with Gasteiger partial charge in [-0.25, -0.2) is 4.98 Å². The zero-order valence-corrected chi connectivity index (χ0v) is 15.3. The Morgan fingerprint density at radius 3 is 2.48 bits per heavy atom. The Morgan fingerprint density at radius 1 is 1.08 bits per heavy atom. The Bertz CT molecular complexity index is 698. The van der Waals surface area contributed by atoms with E-state index in [-0.39, 0.29) is 12.3 Å². The van der Waals surface area contributed by atoms with Crippen LogP contribution in [0.3, 0.4) is 0 Å². The highest BCUT2D eigenvalue weighted by Gasteiger charge is 2.15. The number of rotatable bonds is 10. The molecular formula is C19H24N2O3S. The van der Waals surface area contributed by atoms with Crippen LogP contribution in [0.4, 0.5) is 0 Å². The molecule has 0 atom stereocenters. The van der Waals surface area contributed by atoms with E-state index in [4.69, 9.17) is 5.11 Å². The molecule has 0 aliphatic carbocycles. The molecule has 0 saturated heterocycles. The highest BCUT2D eigenvalue weighted by atomic mass is 32.1. The van der Waals surface area contributed by atoms with E-state index < -0.39 is 5.97 Å². The van der Waals surface area contributed by atoms with Crippen molar-refractivity contribution in [2.75, 3.05) is 6.54 Å². The van der Waals surface area contributed by atoms with E-state index >= 15 is 0 Å². The normalized spacial score (nSPS) is 10.6. The smallest absolute Gasteiger partial charge is 0.303 e. The molecule has 1 heterocycles. The monoisotopic (exact) mass is 360 g/mol. The second-order valence-electron chi connectivity index (χ2n) is 5.97. The predicted molar refractivity (Wildman–Crippen MR) is 100.0 cm³/mol. The van der Waals surface area contributed by atoms with Crippen molar-refractivity contribution in [3.8, 4) is 10.6 Å². The summed E-state index contributed by atoms with van der Waals surface area (Å²) in [7, 11) is 0. The van der Waals surface area contributed by atoms with Gasteiger partial charge in [-0.15, -0.1) is 11.3 Å². The van der Waals surface area contributed by atoms with Crippen LogP contribution in [0.1, 0.15) is 53.9 Å². The lowest BCUT2D eigenvalue weighted by Gasteiger charge is -2.04. The summed E-state index contributed by atoms with van der Waals surface area (Å²) in [5.74, 6) is -0.801. The Labute approximate surface area is 152 Å². The minimum absolute atomic E-state index is 0.0666. The number of amides is 1. The first-order valence-corrected chi connectivity index (χ1v) is 9.42. The average molecular weight is 360 g/mol. The highest BCUT2D eigenvalue weighted by molar-refractivity contribution is 7.17. The van der Waals surface area contributed by atoms with E-state index in [0.717, 1.165) is 48.4 Å². The van der Waals surface area contributed by atoms with Crippen molar-refractivity contribution >= 4 is 23.2 Å². The molecule has 6 heteroatoms. The van der Waals surface area contributed by atoms with Gasteiger partial charge in [-0.1, -0.05) is 49.6 Å². The molecule has 0 radical (unpaired) electrons. The zero-order valence-electron chi connectivity index (χ0n) is 14.5. The van der Waals surface area contributed by atoms with Crippen molar-refractivity contribution in [3.05, 3.63) is 40.9 Å². The topological polar surface area (TPSA) is 79.3 Å². The summed E-state index contributed by atoms with van der Waals surface area (Å²) in [6.07, 6.45) is 4.80. The summed E-state index contributed by atoms with van der Waals surface area (Å²) in [6, 6.07) is 9.86. The molecule has 0 bridgehead atoms. The van der Waals surface area contributed by atoms with Gasteiger partial charge in [-0.05, 0) is 19.8 Å². The van der Waals surface area contributed by atoms with Crippen LogP contribution in [0.15, 0.2) is 30.3 Å². The maximum absolute atomic E-state index is 12.3. The molecule has 2 N–H and O–H groups in total. The number of thiazole rings is 1. The first-order chi connectivity index (χ1) is 12.1. The van der Waals surface area contributed by atoms with Crippen molar-refractivity contribution in [3.63, 3.8) is 0 Å². The lowest BCUT2D eigenvalue weighted by Crippen LogP contribution is -2.24. The molecule has 0 unspecified atom stereocenters. The number of aryl methyl sites for hydroxylation is 1. The van der Waals surface area contributed by atoms with Gasteiger partial charge in [0, 0.05) is 18.5 Å². The maximum Gasteiger partial charge on any atom is 0.303 e. The van der Waals surface area contributed by atoms with Crippen LogP contribution in [0.2, 0.25) is 0 Å². The third-order valence-electron chi connectivity index (χ3n) is 3.88. The Balaban J connectivity index is 1.73. The molecule has 5 nitrogen and oxygen atoms in total. The highest BCUT2D eigenvalue weighted by Crippen LogP contribution is 2.27. The fourth-order valence-corrected chi connectivity index (χ4v) is 3.51. The Kier molecular flexibility index (Phi) is 7.60. The van der Waals surface area contributed by atoms with Gasteiger partial charge in [-0.2, -0.15) is 0 Å². The minimum atomic E-state index is -0.734. The van der Waals surface area contributed by atoms with Crippen LogP contribution < -0.4 is 5.32 Å². The molecule has 2 rings (SSSR count). The largest absolute Gasteiger partial charge is 0.481 e. The Morgan fingerprint density at radius 2 is 1.76 bits per heavy atom. The number of carbonyl (C=O) groups is 2. The number of carboxylic acids is 1. The molecule has 1 aromatic carbocycles. The zero-order chi connectivity index (χ0) is 18.1. The maximum atomic E-state index is 12.3. The van der Waals surface area contributed by atoms with Gasteiger partial charge in [-0.3, -0.25) is 9.59 Å². The van der Waals surface area contributed by atoms with Crippen molar-refractivity contribution in [2.45, 2.75) is 45.4 Å². The summed E-state index contributed by atoms with van der Waals surface area (Å²) in [6.45, 7) is 2.50. The summed E-state index contributed by atoms with van der Waals surface area (Å²) in [4.78, 5) is 27.9. The van der Waals surface area contributed by atoms with Gasteiger partial charge in [0.2, 0.25) is 0 Å². The molecule has 1 amide bonds. The number of hydrogen-bond donors (Lipinski definition) is 2. The SMILES string of the molecule is Cc1nc(-c2ccccc2)sc1C(=O)NCCCCCCCC(=O)O. The number of carbonyl (C=O) groups excluding carboxylic acids is 1. The molecule has 0 fully saturated rings. The standard InChI is InChI=1S/C19H24N2O3S/c1-14-17(25-19(21-14)15-10-6-5-7-11-15)18(24)20-13-9-4-2-3-8-12-16(22)23/h5-7,10-11H,2-4,8-9,12-13H2,1H3,(H,20,24)(H,22,23). The van der Waals surface area contributed by atoms with E-state index in [1.807, 2.05) is 37.3 Å². The van der Waals surface area contributed by atoms with Gasteiger partial charge in [0.25, 0.3) is 5.91 Å². The second-order valence-corrected chi connectivity index (χ2v) is 6.97. The number of unbranched alkanes of at least 4 members (excludes halogenated alkanes) is 4. The van der Waals surface area contributed by atoms with Gasteiger partial charge in [0.15, 0.2) is 0 Å². The summed E-state index contributed by atoms with van der Waals surface area (Å²) in [5.41, 5.74) is 1.78. The van der Waals surface area contributed by atoms with Crippen molar-refractivity contribution < 1.29 is 14.7 Å². The molecule has 134 valence electrons. The number of nitrogens with one attached hydrogen (secondary N) is 1. The minimum Gasteiger partial charge on any atom is -0.481 e. The Hall–Kier alpha value is -2.21. The molecule has 0 saturated carbocycles. The van der Waals surface area contributed by atoms with E-state index in [1.54, 1.807) is 0 Å². The quantitative estimate of drug-likeness (QED) is 0.620. The molecule has 1 aromatic heterocycles. The molecule has 25 heavy (non-hydrogen) atoms. The van der Waals surface area contributed by atoms with E-state index in [2.05, 4.69) is 10.3 Å². The number of aliphatic carboxylic acids is 1. The summed E-state index contributed by atoms with van der Waals surface area (Å²) >= 11 is 1.42. The van der Waals surface area contributed by atoms with Crippen molar-refractivity contribution in [1.82, 2.24) is 10.3 Å². The first kappa shape index (κ1) is 19.1. The van der Waals surface area contributed by atoms with Crippen molar-refractivity contribution in [1.29, 1.82) is 0 Å². The predicted octanol–water partition coefficient (Wildman–Crippen LogP) is 4.27. The molecule has 0 spiro atoms. The molecular weight excluding hydrogens is 336 g/mol. The average Bonchev–Trinajstić information content (AvgIpc) is 2.99. The van der Waals surface area contributed by atoms with Crippen LogP contribution in [0.5, 0.6) is 0 Å². The third-order valence-corrected chi connectivity index (χ3v) is 5.08. The van der Waals surface area contributed by atoms with E-state index in [9.17, 15) is 9.59 Å². The van der Waals surface area contributed by atoms with Gasteiger partial charge in [0.1, 0.15) is 9.88 Å². The summed E-state index contributed by atoms with van der Waals surface area (Å²) in [5, 5.41) is 12.4. The van der Waals surface area contributed by atoms with Gasteiger partial charge >= 0.3 is 5.97 Å². The fraction of sp³-hybridized carbons (Fsp3) is 0.421. The fourth-order valence-electron chi connectivity index (χ4n) is 2.53. The van der Waals surface area contributed by atoms with Crippen LogP contribution in [0, 0.1) is 6.92 Å². The molecule has 0 aliphatic heterocycles. The number of aromatic nitrogens is 1. The van der Waals surface area contributed by atoms with Crippen LogP contribution in [0.25, 0.3) is 10.6 Å². The molecule has 0 aliphatic rings. The van der Waals surface area contributed by atoms with Crippen LogP contribution in [-0.4, -0.2) is 28.5 Å². The van der Waals surface area contributed by atoms with Gasteiger partial charge in [0.05, 0.1) is 5.69 Å². The first-order valence-electron chi connectivity index (χ1n) is 8.61. The number of nitrogens with zero attached hydrogens (tertiary/aromatic N) is 1. The van der Waals surface area contributed by atoms with E-state index in [1.165, 1.54) is 11.3 Å². The molecule has 2 aromatic rings. The van der Waals surface area contributed by atoms with E-state index in [0.29, 0.717) is 11.4 Å². The number of benzene rings is 1. The lowest BCUT2D eigenvalue weighted by atomic mass is 10.1. The van der Waals surface area contributed by atoms with Crippen LogP contribution >= 0.6 is 11.3 Å². The van der Waals surface area contributed by atoms with Crippen molar-refractivity contribution in [2.24, 2.45) is 0 Å². The van der Waals surface area contributed by atoms with Crippen LogP contribution in [-0.2, 0) is 4.79 Å². The second kappa shape index (κ2) is 9.93. The number of carboxylic acid groups (broad SMARTS) is 1.